The van der Waals surface area contributed by atoms with Gasteiger partial charge >= 0.3 is 0 Å². The van der Waals surface area contributed by atoms with Crippen molar-refractivity contribution in [3.8, 4) is 0 Å². The van der Waals surface area contributed by atoms with Gasteiger partial charge in [-0.2, -0.15) is 0 Å². The van der Waals surface area contributed by atoms with Gasteiger partial charge in [0, 0.05) is 12.6 Å². The molecule has 2 heterocycles. The van der Waals surface area contributed by atoms with Crippen LogP contribution in [0.5, 0.6) is 0 Å². The van der Waals surface area contributed by atoms with E-state index in [1.165, 1.54) is 12.8 Å². The highest BCUT2D eigenvalue weighted by molar-refractivity contribution is 5.84. The second-order valence-electron chi connectivity index (χ2n) is 5.01. The maximum atomic E-state index is 12.2. The third-order valence-corrected chi connectivity index (χ3v) is 3.68. The minimum atomic E-state index is 0.0277. The summed E-state index contributed by atoms with van der Waals surface area (Å²) >= 11 is 0. The van der Waals surface area contributed by atoms with Crippen molar-refractivity contribution in [2.45, 2.75) is 44.3 Å². The lowest BCUT2D eigenvalue weighted by atomic mass is 10.2. The molecule has 92 valence electrons. The SMILES string of the molecule is CC(c1ccco1)N1CCC(NC2CC2)C1=O. The second-order valence-corrected chi connectivity index (χ2v) is 5.01. The van der Waals surface area contributed by atoms with Crippen LogP contribution in [0.4, 0.5) is 0 Å². The summed E-state index contributed by atoms with van der Waals surface area (Å²) in [6.07, 6.45) is 5.02. The molecule has 1 amide bonds. The highest BCUT2D eigenvalue weighted by atomic mass is 16.3. The standard InChI is InChI=1S/C13H18N2O2/c1-9(12-3-2-8-17-12)15-7-6-11(13(15)16)14-10-4-5-10/h2-3,8-11,14H,4-7H2,1H3. The Hall–Kier alpha value is -1.29. The number of carbonyl (C=O) groups is 1. The van der Waals surface area contributed by atoms with Gasteiger partial charge < -0.3 is 14.6 Å². The van der Waals surface area contributed by atoms with Crippen LogP contribution in [0.15, 0.2) is 22.8 Å². The minimum absolute atomic E-state index is 0.0277. The third kappa shape index (κ3) is 2.09. The van der Waals surface area contributed by atoms with Crippen molar-refractivity contribution in [1.29, 1.82) is 0 Å². The van der Waals surface area contributed by atoms with E-state index in [0.717, 1.165) is 18.7 Å². The number of rotatable bonds is 4. The molecule has 3 rings (SSSR count). The molecule has 1 aliphatic carbocycles. The third-order valence-electron chi connectivity index (χ3n) is 3.68. The normalized spacial score (nSPS) is 26.5. The molecule has 17 heavy (non-hydrogen) atoms. The molecular formula is C13H18N2O2. The van der Waals surface area contributed by atoms with E-state index in [1.807, 2.05) is 24.0 Å². The zero-order valence-electron chi connectivity index (χ0n) is 10.1. The monoisotopic (exact) mass is 234 g/mol. The molecule has 2 aliphatic rings. The number of furan rings is 1. The van der Waals surface area contributed by atoms with Crippen molar-refractivity contribution in [3.05, 3.63) is 24.2 Å². The molecule has 2 atom stereocenters. The first-order valence-corrected chi connectivity index (χ1v) is 6.35. The quantitative estimate of drug-likeness (QED) is 0.862. The number of amides is 1. The van der Waals surface area contributed by atoms with Crippen LogP contribution in [0.2, 0.25) is 0 Å². The van der Waals surface area contributed by atoms with Gasteiger partial charge in [0.1, 0.15) is 5.76 Å². The number of nitrogens with one attached hydrogen (secondary N) is 1. The largest absolute Gasteiger partial charge is 0.467 e. The van der Waals surface area contributed by atoms with Gasteiger partial charge in [0.05, 0.1) is 18.3 Å². The summed E-state index contributed by atoms with van der Waals surface area (Å²) in [5.41, 5.74) is 0. The van der Waals surface area contributed by atoms with Crippen LogP contribution in [0.25, 0.3) is 0 Å². The fourth-order valence-corrected chi connectivity index (χ4v) is 2.46. The van der Waals surface area contributed by atoms with E-state index in [9.17, 15) is 4.79 Å². The summed E-state index contributed by atoms with van der Waals surface area (Å²) < 4.78 is 5.37. The number of likely N-dealkylation sites (tertiary alicyclic amines) is 1. The summed E-state index contributed by atoms with van der Waals surface area (Å²) in [6, 6.07) is 4.46. The Kier molecular flexibility index (Phi) is 2.67. The average Bonchev–Trinajstić information content (AvgIpc) is 2.85. The van der Waals surface area contributed by atoms with Gasteiger partial charge in [-0.15, -0.1) is 0 Å². The molecule has 1 aliphatic heterocycles. The molecule has 1 saturated carbocycles. The van der Waals surface area contributed by atoms with Crippen molar-refractivity contribution < 1.29 is 9.21 Å². The molecule has 0 bridgehead atoms. The lowest BCUT2D eigenvalue weighted by Gasteiger charge is -2.23. The van der Waals surface area contributed by atoms with Crippen LogP contribution in [0.3, 0.4) is 0 Å². The van der Waals surface area contributed by atoms with Crippen LogP contribution < -0.4 is 5.32 Å². The van der Waals surface area contributed by atoms with Crippen molar-refractivity contribution in [2.24, 2.45) is 0 Å². The Morgan fingerprint density at radius 3 is 2.94 bits per heavy atom. The molecule has 2 unspecified atom stereocenters. The summed E-state index contributed by atoms with van der Waals surface area (Å²) in [6.45, 7) is 2.85. The summed E-state index contributed by atoms with van der Waals surface area (Å²) in [4.78, 5) is 14.1. The number of carbonyl (C=O) groups excluding carboxylic acids is 1. The molecule has 1 saturated heterocycles. The van der Waals surface area contributed by atoms with Gasteiger partial charge in [-0.3, -0.25) is 4.79 Å². The van der Waals surface area contributed by atoms with Gasteiger partial charge in [-0.1, -0.05) is 0 Å². The van der Waals surface area contributed by atoms with Gasteiger partial charge in [0.25, 0.3) is 0 Å². The van der Waals surface area contributed by atoms with E-state index in [2.05, 4.69) is 5.32 Å². The molecule has 0 spiro atoms. The predicted molar refractivity (Wildman–Crippen MR) is 63.4 cm³/mol. The predicted octanol–water partition coefficient (Wildman–Crippen LogP) is 1.69. The van der Waals surface area contributed by atoms with Crippen LogP contribution in [0, 0.1) is 0 Å². The average molecular weight is 234 g/mol. The molecule has 1 aromatic rings. The van der Waals surface area contributed by atoms with Crippen LogP contribution >= 0.6 is 0 Å². The Morgan fingerprint density at radius 1 is 1.47 bits per heavy atom. The molecule has 1 aromatic heterocycles. The Balaban J connectivity index is 1.66. The molecule has 4 heteroatoms. The van der Waals surface area contributed by atoms with E-state index < -0.39 is 0 Å². The molecule has 1 N–H and O–H groups in total. The zero-order valence-corrected chi connectivity index (χ0v) is 10.1. The molecule has 2 fully saturated rings. The van der Waals surface area contributed by atoms with Crippen molar-refractivity contribution in [3.63, 3.8) is 0 Å². The van der Waals surface area contributed by atoms with E-state index in [1.54, 1.807) is 6.26 Å². The van der Waals surface area contributed by atoms with E-state index >= 15 is 0 Å². The second kappa shape index (κ2) is 4.18. The lowest BCUT2D eigenvalue weighted by Crippen LogP contribution is -2.40. The molecule has 4 nitrogen and oxygen atoms in total. The Morgan fingerprint density at radius 2 is 2.29 bits per heavy atom. The first kappa shape index (κ1) is 10.8. The Bertz CT molecular complexity index is 398. The lowest BCUT2D eigenvalue weighted by molar-refractivity contribution is -0.131. The molecule has 0 aromatic carbocycles. The van der Waals surface area contributed by atoms with Crippen molar-refractivity contribution in [2.75, 3.05) is 6.54 Å². The Labute approximate surface area is 101 Å². The maximum Gasteiger partial charge on any atom is 0.240 e. The fraction of sp³-hybridized carbons (Fsp3) is 0.615. The molecular weight excluding hydrogens is 216 g/mol. The summed E-state index contributed by atoms with van der Waals surface area (Å²) in [5, 5.41) is 3.41. The fourth-order valence-electron chi connectivity index (χ4n) is 2.46. The van der Waals surface area contributed by atoms with Crippen molar-refractivity contribution >= 4 is 5.91 Å². The van der Waals surface area contributed by atoms with Crippen molar-refractivity contribution in [1.82, 2.24) is 10.2 Å². The number of nitrogens with zero attached hydrogens (tertiary/aromatic N) is 1. The molecule has 0 radical (unpaired) electrons. The first-order chi connectivity index (χ1) is 8.25. The highest BCUT2D eigenvalue weighted by Crippen LogP contribution is 2.28. The smallest absolute Gasteiger partial charge is 0.240 e. The van der Waals surface area contributed by atoms with E-state index in [0.29, 0.717) is 6.04 Å². The van der Waals surface area contributed by atoms with Gasteiger partial charge in [-0.05, 0) is 38.3 Å². The minimum Gasteiger partial charge on any atom is -0.467 e. The highest BCUT2D eigenvalue weighted by Gasteiger charge is 2.38. The summed E-state index contributed by atoms with van der Waals surface area (Å²) in [7, 11) is 0. The van der Waals surface area contributed by atoms with Crippen LogP contribution in [-0.2, 0) is 4.79 Å². The van der Waals surface area contributed by atoms with Crippen LogP contribution in [0.1, 0.15) is 38.0 Å². The van der Waals surface area contributed by atoms with E-state index in [-0.39, 0.29) is 18.0 Å². The number of hydrogen-bond acceptors (Lipinski definition) is 3. The maximum absolute atomic E-state index is 12.2. The topological polar surface area (TPSA) is 45.5 Å². The first-order valence-electron chi connectivity index (χ1n) is 6.35. The summed E-state index contributed by atoms with van der Waals surface area (Å²) in [5.74, 6) is 1.09. The van der Waals surface area contributed by atoms with Gasteiger partial charge in [0.2, 0.25) is 5.91 Å². The zero-order chi connectivity index (χ0) is 11.8. The van der Waals surface area contributed by atoms with E-state index in [4.69, 9.17) is 4.42 Å². The number of hydrogen-bond donors (Lipinski definition) is 1. The van der Waals surface area contributed by atoms with Gasteiger partial charge in [-0.25, -0.2) is 0 Å². The van der Waals surface area contributed by atoms with Crippen LogP contribution in [-0.4, -0.2) is 29.4 Å². The van der Waals surface area contributed by atoms with Gasteiger partial charge in [0.15, 0.2) is 0 Å².